The summed E-state index contributed by atoms with van der Waals surface area (Å²) in [7, 11) is 0. The summed E-state index contributed by atoms with van der Waals surface area (Å²) < 4.78 is 0. The number of hydrogen-bond acceptors (Lipinski definition) is 3. The largest absolute Gasteiger partial charge is 0.478 e. The Hall–Kier alpha value is -3.73. The number of amides is 1. The van der Waals surface area contributed by atoms with Crippen LogP contribution in [0.2, 0.25) is 0 Å². The molecule has 0 bridgehead atoms. The van der Waals surface area contributed by atoms with Gasteiger partial charge in [0.05, 0.1) is 11.2 Å². The Morgan fingerprint density at radius 3 is 2.46 bits per heavy atom. The number of aromatic nitrogens is 1. The van der Waals surface area contributed by atoms with E-state index in [4.69, 9.17) is 5.11 Å². The number of hydrogen-bond donors (Lipinski definition) is 2. The first kappa shape index (κ1) is 17.1. The first-order valence-electron chi connectivity index (χ1n) is 7.90. The number of allylic oxidation sites excluding steroid dienone is 2. The Morgan fingerprint density at radius 1 is 0.962 bits per heavy atom. The van der Waals surface area contributed by atoms with Gasteiger partial charge in [0.25, 0.3) is 5.91 Å². The average molecular weight is 344 g/mol. The maximum absolute atomic E-state index is 12.8. The monoisotopic (exact) mass is 344 g/mol. The van der Waals surface area contributed by atoms with Crippen LogP contribution in [0.3, 0.4) is 0 Å². The fourth-order valence-electron chi connectivity index (χ4n) is 2.62. The molecule has 0 atom stereocenters. The van der Waals surface area contributed by atoms with E-state index in [9.17, 15) is 9.59 Å². The number of para-hydroxylation sites is 1. The molecule has 2 N–H and O–H groups in total. The van der Waals surface area contributed by atoms with Crippen molar-refractivity contribution in [3.8, 4) is 0 Å². The van der Waals surface area contributed by atoms with E-state index >= 15 is 0 Å². The van der Waals surface area contributed by atoms with Crippen LogP contribution in [0.4, 0.5) is 5.69 Å². The van der Waals surface area contributed by atoms with Gasteiger partial charge in [0, 0.05) is 23.2 Å². The molecule has 3 aromatic rings. The summed E-state index contributed by atoms with van der Waals surface area (Å²) in [5.74, 6) is -1.39. The van der Waals surface area contributed by atoms with Gasteiger partial charge in [-0.2, -0.15) is 0 Å². The molecule has 5 nitrogen and oxygen atoms in total. The summed E-state index contributed by atoms with van der Waals surface area (Å²) in [6.45, 7) is 3.85. The first-order chi connectivity index (χ1) is 12.6. The molecule has 26 heavy (non-hydrogen) atoms. The number of rotatable bonds is 5. The van der Waals surface area contributed by atoms with E-state index in [1.54, 1.807) is 36.5 Å². The number of nitrogens with one attached hydrogen (secondary N) is 1. The van der Waals surface area contributed by atoms with Gasteiger partial charge in [-0.25, -0.2) is 4.79 Å². The van der Waals surface area contributed by atoms with Gasteiger partial charge in [-0.3, -0.25) is 9.78 Å². The second-order valence-electron chi connectivity index (χ2n) is 5.58. The smallest absolute Gasteiger partial charge is 0.328 e. The van der Waals surface area contributed by atoms with E-state index in [2.05, 4.69) is 16.9 Å². The topological polar surface area (TPSA) is 79.3 Å². The van der Waals surface area contributed by atoms with E-state index in [1.165, 1.54) is 6.08 Å². The summed E-state index contributed by atoms with van der Waals surface area (Å²) >= 11 is 0. The fourth-order valence-corrected chi connectivity index (χ4v) is 2.62. The van der Waals surface area contributed by atoms with Crippen LogP contribution in [0.15, 0.2) is 79.5 Å². The van der Waals surface area contributed by atoms with Crippen LogP contribution in [0.1, 0.15) is 15.9 Å². The van der Waals surface area contributed by atoms with Gasteiger partial charge in [0.15, 0.2) is 0 Å². The average Bonchev–Trinajstić information content (AvgIpc) is 2.66. The van der Waals surface area contributed by atoms with E-state index in [0.29, 0.717) is 27.9 Å². The zero-order valence-corrected chi connectivity index (χ0v) is 13.8. The minimum atomic E-state index is -1.07. The molecule has 3 rings (SSSR count). The third-order valence-corrected chi connectivity index (χ3v) is 3.83. The Bertz CT molecular complexity index is 1030. The van der Waals surface area contributed by atoms with Crippen LogP contribution in [-0.4, -0.2) is 22.0 Å². The van der Waals surface area contributed by atoms with Crippen molar-refractivity contribution in [3.63, 3.8) is 0 Å². The zero-order valence-electron chi connectivity index (χ0n) is 13.8. The lowest BCUT2D eigenvalue weighted by Gasteiger charge is -2.11. The summed E-state index contributed by atoms with van der Waals surface area (Å²) in [5.41, 5.74) is 2.71. The maximum atomic E-state index is 12.8. The molecule has 0 unspecified atom stereocenters. The molecule has 1 aromatic heterocycles. The van der Waals surface area contributed by atoms with Gasteiger partial charge in [0.2, 0.25) is 0 Å². The van der Waals surface area contributed by atoms with Gasteiger partial charge in [0.1, 0.15) is 0 Å². The van der Waals surface area contributed by atoms with Crippen molar-refractivity contribution in [2.75, 3.05) is 5.32 Å². The van der Waals surface area contributed by atoms with E-state index in [-0.39, 0.29) is 5.91 Å². The molecule has 2 aromatic carbocycles. The summed E-state index contributed by atoms with van der Waals surface area (Å²) in [6.07, 6.45) is 4.03. The maximum Gasteiger partial charge on any atom is 0.328 e. The third kappa shape index (κ3) is 3.67. The number of carboxylic acids is 1. The lowest BCUT2D eigenvalue weighted by Crippen LogP contribution is -2.14. The summed E-state index contributed by atoms with van der Waals surface area (Å²) in [6, 6.07) is 16.2. The Kier molecular flexibility index (Phi) is 4.90. The molecular weight excluding hydrogens is 328 g/mol. The van der Waals surface area contributed by atoms with E-state index in [0.717, 1.165) is 11.5 Å². The number of aliphatic carboxylic acids is 1. The molecule has 0 aliphatic carbocycles. The van der Waals surface area contributed by atoms with Crippen LogP contribution in [0.25, 0.3) is 16.5 Å². The number of carbonyl (C=O) groups is 2. The van der Waals surface area contributed by atoms with Crippen molar-refractivity contribution >= 4 is 34.0 Å². The Morgan fingerprint density at radius 2 is 1.69 bits per heavy atom. The van der Waals surface area contributed by atoms with Gasteiger partial charge in [-0.1, -0.05) is 43.0 Å². The molecule has 0 aliphatic rings. The Labute approximate surface area is 150 Å². The van der Waals surface area contributed by atoms with E-state index in [1.807, 2.05) is 24.3 Å². The minimum absolute atomic E-state index is 0.316. The minimum Gasteiger partial charge on any atom is -0.478 e. The van der Waals surface area contributed by atoms with Crippen LogP contribution in [0.5, 0.6) is 0 Å². The van der Waals surface area contributed by atoms with Crippen molar-refractivity contribution in [2.24, 2.45) is 0 Å². The fraction of sp³-hybridized carbons (Fsp3) is 0. The quantitative estimate of drug-likeness (QED) is 0.538. The molecular formula is C21H16N2O3. The van der Waals surface area contributed by atoms with Crippen molar-refractivity contribution in [2.45, 2.75) is 0 Å². The highest BCUT2D eigenvalue weighted by Gasteiger charge is 2.14. The predicted molar refractivity (Wildman–Crippen MR) is 102 cm³/mol. The summed E-state index contributed by atoms with van der Waals surface area (Å²) in [4.78, 5) is 27.8. The molecule has 0 fully saturated rings. The highest BCUT2D eigenvalue weighted by Crippen LogP contribution is 2.24. The van der Waals surface area contributed by atoms with Crippen molar-refractivity contribution in [1.82, 2.24) is 4.98 Å². The number of carboxylic acid groups (broad SMARTS) is 1. The highest BCUT2D eigenvalue weighted by atomic mass is 16.4. The van der Waals surface area contributed by atoms with Crippen LogP contribution < -0.4 is 5.32 Å². The number of anilines is 1. The van der Waals surface area contributed by atoms with Crippen LogP contribution in [0, 0.1) is 0 Å². The van der Waals surface area contributed by atoms with Gasteiger partial charge >= 0.3 is 5.97 Å². The van der Waals surface area contributed by atoms with Gasteiger partial charge in [-0.05, 0) is 35.4 Å². The number of nitrogens with zero attached hydrogens (tertiary/aromatic N) is 1. The molecule has 0 aliphatic heterocycles. The number of pyridine rings is 1. The molecule has 0 saturated carbocycles. The molecule has 128 valence electrons. The predicted octanol–water partition coefficient (Wildman–Crippen LogP) is 4.14. The van der Waals surface area contributed by atoms with Gasteiger partial charge < -0.3 is 10.4 Å². The lowest BCUT2D eigenvalue weighted by atomic mass is 9.99. The molecule has 0 spiro atoms. The standard InChI is InChI=1S/C21H16N2O3/c1-14(11-12-19(24)25)16-8-2-3-9-17(16)21(26)23-18-10-4-6-15-7-5-13-22-20(15)18/h2-13H,1H2,(H,23,26)(H,24,25)/b12-11+. The number of fused-ring (bicyclic) bond motifs is 1. The molecule has 1 amide bonds. The second kappa shape index (κ2) is 7.44. The lowest BCUT2D eigenvalue weighted by molar-refractivity contribution is -0.131. The number of carbonyl (C=O) groups excluding carboxylic acids is 1. The Balaban J connectivity index is 1.93. The highest BCUT2D eigenvalue weighted by molar-refractivity contribution is 6.11. The zero-order chi connectivity index (χ0) is 18.5. The molecule has 0 radical (unpaired) electrons. The van der Waals surface area contributed by atoms with E-state index < -0.39 is 5.97 Å². The van der Waals surface area contributed by atoms with Crippen molar-refractivity contribution in [1.29, 1.82) is 0 Å². The van der Waals surface area contributed by atoms with Crippen LogP contribution >= 0.6 is 0 Å². The number of benzene rings is 2. The third-order valence-electron chi connectivity index (χ3n) is 3.83. The second-order valence-corrected chi connectivity index (χ2v) is 5.58. The molecule has 1 heterocycles. The molecule has 5 heteroatoms. The van der Waals surface area contributed by atoms with Gasteiger partial charge in [-0.15, -0.1) is 0 Å². The first-order valence-corrected chi connectivity index (χ1v) is 7.90. The van der Waals surface area contributed by atoms with Crippen molar-refractivity contribution < 1.29 is 14.7 Å². The SMILES string of the molecule is C=C(/C=C/C(=O)O)c1ccccc1C(=O)Nc1cccc2cccnc12. The molecule has 0 saturated heterocycles. The van der Waals surface area contributed by atoms with Crippen molar-refractivity contribution in [3.05, 3.63) is 90.7 Å². The summed E-state index contributed by atoms with van der Waals surface area (Å²) in [5, 5.41) is 12.6. The normalized spacial score (nSPS) is 10.8. The van der Waals surface area contributed by atoms with Crippen LogP contribution in [-0.2, 0) is 4.79 Å².